The number of carbonyl (C=O) groups is 1. The molecule has 6 heteroatoms. The molecule has 0 saturated heterocycles. The summed E-state index contributed by atoms with van der Waals surface area (Å²) < 4.78 is 1.87. The minimum atomic E-state index is -0.666. The lowest BCUT2D eigenvalue weighted by Gasteiger charge is -2.24. The van der Waals surface area contributed by atoms with E-state index in [9.17, 15) is 4.79 Å². The van der Waals surface area contributed by atoms with Crippen molar-refractivity contribution in [1.29, 1.82) is 5.41 Å². The van der Waals surface area contributed by atoms with Crippen molar-refractivity contribution in [3.63, 3.8) is 0 Å². The average molecular weight is 406 g/mol. The van der Waals surface area contributed by atoms with Gasteiger partial charge in [-0.15, -0.1) is 0 Å². The monoisotopic (exact) mass is 405 g/mol. The second-order valence-electron chi connectivity index (χ2n) is 7.87. The molecule has 1 aromatic heterocycles. The lowest BCUT2D eigenvalue weighted by atomic mass is 10.1. The molecular formula is C24H31N5O. The standard InChI is InChI=1S/C24H31N5O/c1-4-5-11-28(16-19-9-7-6-8-10-19)12-13-29-21-15-18(3)17(2)14-20(21)27-22(23(29)25)24(26)30/h6-10,14-15,25H,4-5,11-13,16H2,1-3H3,(H2,26,30). The van der Waals surface area contributed by atoms with Crippen LogP contribution in [0.4, 0.5) is 0 Å². The molecule has 0 atom stereocenters. The fraction of sp³-hybridized carbons (Fsp3) is 0.375. The van der Waals surface area contributed by atoms with Crippen molar-refractivity contribution in [2.75, 3.05) is 13.1 Å². The molecule has 0 aliphatic carbocycles. The highest BCUT2D eigenvalue weighted by Crippen LogP contribution is 2.17. The zero-order valence-electron chi connectivity index (χ0n) is 18.1. The Morgan fingerprint density at radius 3 is 2.50 bits per heavy atom. The maximum Gasteiger partial charge on any atom is 0.271 e. The molecule has 0 spiro atoms. The SMILES string of the molecule is CCCCN(CCn1c(=N)c(C(N)=O)nc2cc(C)c(C)cc21)Cc1ccccc1. The van der Waals surface area contributed by atoms with Gasteiger partial charge in [-0.2, -0.15) is 0 Å². The number of amides is 1. The summed E-state index contributed by atoms with van der Waals surface area (Å²) in [6, 6.07) is 14.4. The second-order valence-corrected chi connectivity index (χ2v) is 7.87. The Kier molecular flexibility index (Phi) is 7.00. The molecule has 1 amide bonds. The molecule has 0 aliphatic rings. The Labute approximate surface area is 177 Å². The number of aromatic nitrogens is 2. The maximum absolute atomic E-state index is 11.9. The van der Waals surface area contributed by atoms with Gasteiger partial charge in [0.15, 0.2) is 11.2 Å². The molecule has 3 aromatic rings. The topological polar surface area (TPSA) is 88.0 Å². The number of hydrogen-bond acceptors (Lipinski definition) is 4. The minimum Gasteiger partial charge on any atom is -0.364 e. The molecule has 3 rings (SSSR count). The van der Waals surface area contributed by atoms with E-state index in [0.717, 1.165) is 49.1 Å². The number of primary amides is 1. The molecule has 158 valence electrons. The Morgan fingerprint density at radius 2 is 1.83 bits per heavy atom. The zero-order chi connectivity index (χ0) is 21.7. The van der Waals surface area contributed by atoms with E-state index < -0.39 is 5.91 Å². The van der Waals surface area contributed by atoms with E-state index in [4.69, 9.17) is 11.1 Å². The predicted molar refractivity (Wildman–Crippen MR) is 120 cm³/mol. The zero-order valence-corrected chi connectivity index (χ0v) is 18.1. The third-order valence-electron chi connectivity index (χ3n) is 5.56. The van der Waals surface area contributed by atoms with E-state index in [0.29, 0.717) is 12.1 Å². The number of benzene rings is 2. The lowest BCUT2D eigenvalue weighted by molar-refractivity contribution is 0.0993. The van der Waals surface area contributed by atoms with Gasteiger partial charge in [-0.3, -0.25) is 15.1 Å². The van der Waals surface area contributed by atoms with Gasteiger partial charge in [-0.1, -0.05) is 43.7 Å². The molecule has 30 heavy (non-hydrogen) atoms. The molecule has 6 nitrogen and oxygen atoms in total. The third kappa shape index (κ3) is 4.94. The van der Waals surface area contributed by atoms with Crippen LogP contribution in [0.1, 0.15) is 46.9 Å². The van der Waals surface area contributed by atoms with E-state index in [1.54, 1.807) is 0 Å². The molecule has 0 aliphatic heterocycles. The molecule has 0 saturated carbocycles. The number of unbranched alkanes of at least 4 members (excludes halogenated alkanes) is 1. The molecular weight excluding hydrogens is 374 g/mol. The first-order chi connectivity index (χ1) is 14.4. The van der Waals surface area contributed by atoms with Gasteiger partial charge in [0, 0.05) is 19.6 Å². The fourth-order valence-corrected chi connectivity index (χ4v) is 3.65. The smallest absolute Gasteiger partial charge is 0.271 e. The minimum absolute atomic E-state index is 0.0221. The van der Waals surface area contributed by atoms with Crippen molar-refractivity contribution in [2.24, 2.45) is 5.73 Å². The highest BCUT2D eigenvalue weighted by Gasteiger charge is 2.15. The number of hydrogen-bond donors (Lipinski definition) is 2. The third-order valence-corrected chi connectivity index (χ3v) is 5.56. The van der Waals surface area contributed by atoms with Gasteiger partial charge >= 0.3 is 0 Å². The van der Waals surface area contributed by atoms with E-state index in [-0.39, 0.29) is 11.2 Å². The Hall–Kier alpha value is -2.99. The largest absolute Gasteiger partial charge is 0.364 e. The number of aryl methyl sites for hydroxylation is 2. The number of nitrogens with two attached hydrogens (primary N) is 1. The molecule has 0 bridgehead atoms. The first kappa shape index (κ1) is 21.7. The first-order valence-electron chi connectivity index (χ1n) is 10.5. The van der Waals surface area contributed by atoms with Crippen molar-refractivity contribution < 1.29 is 4.79 Å². The quantitative estimate of drug-likeness (QED) is 0.571. The van der Waals surface area contributed by atoms with Crippen LogP contribution in [-0.2, 0) is 13.1 Å². The van der Waals surface area contributed by atoms with Gasteiger partial charge in [0.1, 0.15) is 0 Å². The second kappa shape index (κ2) is 9.67. The highest BCUT2D eigenvalue weighted by molar-refractivity contribution is 5.92. The van der Waals surface area contributed by atoms with Gasteiger partial charge in [0.25, 0.3) is 5.91 Å². The van der Waals surface area contributed by atoms with Crippen molar-refractivity contribution in [1.82, 2.24) is 14.5 Å². The Bertz CT molecular complexity index is 1090. The van der Waals surface area contributed by atoms with E-state index in [1.165, 1.54) is 5.56 Å². The number of carbonyl (C=O) groups excluding carboxylic acids is 1. The van der Waals surface area contributed by atoms with Crippen LogP contribution in [0.5, 0.6) is 0 Å². The summed E-state index contributed by atoms with van der Waals surface area (Å²) in [7, 11) is 0. The van der Waals surface area contributed by atoms with Crippen molar-refractivity contribution >= 4 is 16.9 Å². The van der Waals surface area contributed by atoms with Gasteiger partial charge in [0.2, 0.25) is 0 Å². The summed E-state index contributed by atoms with van der Waals surface area (Å²) in [5.74, 6) is -0.666. The summed E-state index contributed by atoms with van der Waals surface area (Å²) in [5, 5.41) is 8.57. The summed E-state index contributed by atoms with van der Waals surface area (Å²) in [6.45, 7) is 9.48. The summed E-state index contributed by atoms with van der Waals surface area (Å²) in [5.41, 5.74) is 10.7. The molecule has 0 fully saturated rings. The molecule has 0 radical (unpaired) electrons. The number of nitrogens with zero attached hydrogens (tertiary/aromatic N) is 3. The number of fused-ring (bicyclic) bond motifs is 1. The van der Waals surface area contributed by atoms with Crippen LogP contribution in [0.25, 0.3) is 11.0 Å². The van der Waals surface area contributed by atoms with Gasteiger partial charge in [-0.25, -0.2) is 4.98 Å². The van der Waals surface area contributed by atoms with Crippen molar-refractivity contribution in [2.45, 2.75) is 46.7 Å². The molecule has 3 N–H and O–H groups in total. The van der Waals surface area contributed by atoms with Gasteiger partial charge < -0.3 is 10.3 Å². The maximum atomic E-state index is 11.9. The predicted octanol–water partition coefficient (Wildman–Crippen LogP) is 3.53. The summed E-state index contributed by atoms with van der Waals surface area (Å²) in [6.07, 6.45) is 2.25. The van der Waals surface area contributed by atoms with Crippen LogP contribution >= 0.6 is 0 Å². The number of rotatable bonds is 9. The van der Waals surface area contributed by atoms with Crippen molar-refractivity contribution in [3.8, 4) is 0 Å². The van der Waals surface area contributed by atoms with E-state index in [1.807, 2.05) is 36.6 Å². The lowest BCUT2D eigenvalue weighted by Crippen LogP contribution is -2.36. The summed E-state index contributed by atoms with van der Waals surface area (Å²) in [4.78, 5) is 18.7. The van der Waals surface area contributed by atoms with Crippen LogP contribution in [0.3, 0.4) is 0 Å². The van der Waals surface area contributed by atoms with Crippen LogP contribution in [0.2, 0.25) is 0 Å². The van der Waals surface area contributed by atoms with Crippen LogP contribution in [-0.4, -0.2) is 33.4 Å². The molecule has 0 unspecified atom stereocenters. The van der Waals surface area contributed by atoms with Crippen LogP contribution in [0.15, 0.2) is 42.5 Å². The first-order valence-corrected chi connectivity index (χ1v) is 10.5. The fourth-order valence-electron chi connectivity index (χ4n) is 3.65. The molecule has 1 heterocycles. The molecule has 2 aromatic carbocycles. The Morgan fingerprint density at radius 1 is 1.13 bits per heavy atom. The normalized spacial score (nSPS) is 11.3. The van der Waals surface area contributed by atoms with Gasteiger partial charge in [-0.05, 0) is 55.6 Å². The summed E-state index contributed by atoms with van der Waals surface area (Å²) >= 11 is 0. The van der Waals surface area contributed by atoms with Crippen molar-refractivity contribution in [3.05, 3.63) is 70.3 Å². The Balaban J connectivity index is 1.95. The van der Waals surface area contributed by atoms with Crippen LogP contribution < -0.4 is 11.2 Å². The highest BCUT2D eigenvalue weighted by atomic mass is 16.1. The number of nitrogens with one attached hydrogen (secondary N) is 1. The van der Waals surface area contributed by atoms with E-state index >= 15 is 0 Å². The van der Waals surface area contributed by atoms with Crippen LogP contribution in [0, 0.1) is 19.3 Å². The van der Waals surface area contributed by atoms with Gasteiger partial charge in [0.05, 0.1) is 11.0 Å². The van der Waals surface area contributed by atoms with E-state index in [2.05, 4.69) is 41.1 Å². The average Bonchev–Trinajstić information content (AvgIpc) is 2.72.